The summed E-state index contributed by atoms with van der Waals surface area (Å²) >= 11 is 0. The summed E-state index contributed by atoms with van der Waals surface area (Å²) < 4.78 is 0. The van der Waals surface area contributed by atoms with Gasteiger partial charge in [-0.2, -0.15) is 0 Å². The normalized spacial score (nSPS) is 19.0. The van der Waals surface area contributed by atoms with Crippen molar-refractivity contribution in [1.29, 1.82) is 0 Å². The van der Waals surface area contributed by atoms with E-state index in [1.807, 2.05) is 0 Å². The summed E-state index contributed by atoms with van der Waals surface area (Å²) in [5.74, 6) is 0.0973. The van der Waals surface area contributed by atoms with Crippen molar-refractivity contribution < 1.29 is 4.79 Å². The number of likely N-dealkylation sites (N-methyl/N-ethyl adjacent to an activating group) is 1. The van der Waals surface area contributed by atoms with Crippen molar-refractivity contribution in [2.45, 2.75) is 57.9 Å². The van der Waals surface area contributed by atoms with Crippen LogP contribution in [0.3, 0.4) is 0 Å². The molecular weight excluding hydrogens is 298 g/mol. The van der Waals surface area contributed by atoms with E-state index >= 15 is 0 Å². The smallest absolute Gasteiger partial charge is 0.238 e. The maximum Gasteiger partial charge on any atom is 0.238 e. The van der Waals surface area contributed by atoms with Gasteiger partial charge in [-0.3, -0.25) is 9.69 Å². The number of rotatable bonds is 5. The van der Waals surface area contributed by atoms with Crippen LogP contribution in [0.15, 0.2) is 18.2 Å². The first-order valence-corrected chi connectivity index (χ1v) is 9.49. The molecule has 2 aliphatic rings. The molecule has 0 aromatic heterocycles. The number of nitrogens with one attached hydrogen (secondary N) is 1. The molecule has 24 heavy (non-hydrogen) atoms. The third-order valence-electron chi connectivity index (χ3n) is 5.55. The van der Waals surface area contributed by atoms with Crippen LogP contribution < -0.4 is 10.2 Å². The summed E-state index contributed by atoms with van der Waals surface area (Å²) in [7, 11) is 2.08. The van der Waals surface area contributed by atoms with Gasteiger partial charge in [-0.05, 0) is 63.4 Å². The van der Waals surface area contributed by atoms with E-state index in [2.05, 4.69) is 47.3 Å². The van der Waals surface area contributed by atoms with Gasteiger partial charge in [0, 0.05) is 30.5 Å². The van der Waals surface area contributed by atoms with Crippen molar-refractivity contribution in [2.24, 2.45) is 0 Å². The molecule has 0 spiro atoms. The van der Waals surface area contributed by atoms with E-state index in [0.717, 1.165) is 24.3 Å². The largest absolute Gasteiger partial charge is 0.372 e. The van der Waals surface area contributed by atoms with Crippen LogP contribution in [0, 0.1) is 6.92 Å². The molecule has 1 heterocycles. The molecule has 1 saturated carbocycles. The molecule has 3 rings (SSSR count). The van der Waals surface area contributed by atoms with Gasteiger partial charge in [0.25, 0.3) is 0 Å². The molecule has 4 nitrogen and oxygen atoms in total. The topological polar surface area (TPSA) is 35.6 Å². The van der Waals surface area contributed by atoms with E-state index < -0.39 is 0 Å². The second-order valence-electron chi connectivity index (χ2n) is 7.45. The van der Waals surface area contributed by atoms with Gasteiger partial charge in [0.2, 0.25) is 5.91 Å². The van der Waals surface area contributed by atoms with Crippen LogP contribution in [0.1, 0.15) is 50.5 Å². The van der Waals surface area contributed by atoms with Crippen LogP contribution in [0.25, 0.3) is 0 Å². The molecule has 0 unspecified atom stereocenters. The molecule has 0 radical (unpaired) electrons. The lowest BCUT2D eigenvalue weighted by Crippen LogP contribution is -2.39. The second kappa shape index (κ2) is 8.02. The number of benzene rings is 1. The summed E-state index contributed by atoms with van der Waals surface area (Å²) in [5, 5.41) is 3.10. The molecule has 1 amide bonds. The highest BCUT2D eigenvalue weighted by Crippen LogP contribution is 2.26. The van der Waals surface area contributed by atoms with Crippen molar-refractivity contribution >= 4 is 17.3 Å². The lowest BCUT2D eigenvalue weighted by atomic mass is 9.94. The second-order valence-corrected chi connectivity index (χ2v) is 7.45. The average Bonchev–Trinajstić information content (AvgIpc) is 3.12. The van der Waals surface area contributed by atoms with Crippen LogP contribution in [-0.2, 0) is 4.79 Å². The fraction of sp³-hybridized carbons (Fsp3) is 0.650. The average molecular weight is 329 g/mol. The Morgan fingerprint density at radius 1 is 1.17 bits per heavy atom. The molecule has 0 bridgehead atoms. The van der Waals surface area contributed by atoms with E-state index in [0.29, 0.717) is 12.6 Å². The molecule has 4 heteroatoms. The minimum atomic E-state index is 0.0973. The number of amides is 1. The van der Waals surface area contributed by atoms with Crippen LogP contribution in [0.4, 0.5) is 11.4 Å². The fourth-order valence-corrected chi connectivity index (χ4v) is 4.03. The summed E-state index contributed by atoms with van der Waals surface area (Å²) in [6, 6.07) is 6.97. The zero-order chi connectivity index (χ0) is 16.9. The minimum Gasteiger partial charge on any atom is -0.372 e. The zero-order valence-electron chi connectivity index (χ0n) is 15.2. The highest BCUT2D eigenvalue weighted by atomic mass is 16.2. The minimum absolute atomic E-state index is 0.0973. The zero-order valence-corrected chi connectivity index (χ0v) is 15.2. The molecule has 132 valence electrons. The van der Waals surface area contributed by atoms with Crippen molar-refractivity contribution in [3.05, 3.63) is 23.8 Å². The summed E-state index contributed by atoms with van der Waals surface area (Å²) in [4.78, 5) is 17.0. The Labute approximate surface area is 146 Å². The predicted octanol–water partition coefficient (Wildman–Crippen LogP) is 3.80. The van der Waals surface area contributed by atoms with Crippen molar-refractivity contribution in [2.75, 3.05) is 36.9 Å². The molecule has 0 atom stereocenters. The summed E-state index contributed by atoms with van der Waals surface area (Å²) in [5.41, 5.74) is 3.37. The standard InChI is InChI=1S/C20H31N3O/c1-16-14-18(23-12-6-7-13-23)10-11-19(16)21-20(24)15-22(2)17-8-4-3-5-9-17/h10-11,14,17H,3-9,12-13,15H2,1-2H3,(H,21,24). The van der Waals surface area contributed by atoms with Crippen molar-refractivity contribution in [3.8, 4) is 0 Å². The van der Waals surface area contributed by atoms with E-state index in [1.165, 1.54) is 50.6 Å². The summed E-state index contributed by atoms with van der Waals surface area (Å²) in [6.07, 6.45) is 8.97. The maximum absolute atomic E-state index is 12.4. The number of carbonyl (C=O) groups excluding carboxylic acids is 1. The van der Waals surface area contributed by atoms with Crippen LogP contribution in [-0.4, -0.2) is 43.5 Å². The molecule has 2 fully saturated rings. The van der Waals surface area contributed by atoms with Gasteiger partial charge in [0.15, 0.2) is 0 Å². The summed E-state index contributed by atoms with van der Waals surface area (Å²) in [6.45, 7) is 4.87. The van der Waals surface area contributed by atoms with E-state index in [-0.39, 0.29) is 5.91 Å². The van der Waals surface area contributed by atoms with Crippen LogP contribution >= 0.6 is 0 Å². The van der Waals surface area contributed by atoms with Crippen molar-refractivity contribution in [1.82, 2.24) is 4.90 Å². The first-order chi connectivity index (χ1) is 11.6. The molecule has 1 N–H and O–H groups in total. The van der Waals surface area contributed by atoms with Crippen LogP contribution in [0.2, 0.25) is 0 Å². The first kappa shape index (κ1) is 17.3. The Balaban J connectivity index is 1.55. The lowest BCUT2D eigenvalue weighted by molar-refractivity contribution is -0.117. The third-order valence-corrected chi connectivity index (χ3v) is 5.55. The number of hydrogen-bond donors (Lipinski definition) is 1. The number of carbonyl (C=O) groups is 1. The first-order valence-electron chi connectivity index (χ1n) is 9.49. The van der Waals surface area contributed by atoms with Crippen LogP contribution in [0.5, 0.6) is 0 Å². The van der Waals surface area contributed by atoms with E-state index in [4.69, 9.17) is 0 Å². The maximum atomic E-state index is 12.4. The van der Waals surface area contributed by atoms with Gasteiger partial charge < -0.3 is 10.2 Å². The van der Waals surface area contributed by atoms with Gasteiger partial charge in [-0.1, -0.05) is 19.3 Å². The van der Waals surface area contributed by atoms with E-state index in [9.17, 15) is 4.79 Å². The molecular formula is C20H31N3O. The molecule has 1 aliphatic heterocycles. The monoisotopic (exact) mass is 329 g/mol. The van der Waals surface area contributed by atoms with Gasteiger partial charge in [-0.25, -0.2) is 0 Å². The molecule has 1 aliphatic carbocycles. The Hall–Kier alpha value is -1.55. The third kappa shape index (κ3) is 4.29. The van der Waals surface area contributed by atoms with Gasteiger partial charge in [-0.15, -0.1) is 0 Å². The van der Waals surface area contributed by atoms with Gasteiger partial charge in [0.05, 0.1) is 6.54 Å². The Bertz CT molecular complexity index is 560. The van der Waals surface area contributed by atoms with Crippen molar-refractivity contribution in [3.63, 3.8) is 0 Å². The SMILES string of the molecule is Cc1cc(N2CCCC2)ccc1NC(=O)CN(C)C1CCCCC1. The highest BCUT2D eigenvalue weighted by Gasteiger charge is 2.20. The predicted molar refractivity (Wildman–Crippen MR) is 101 cm³/mol. The quantitative estimate of drug-likeness (QED) is 0.892. The lowest BCUT2D eigenvalue weighted by Gasteiger charge is -2.30. The number of hydrogen-bond acceptors (Lipinski definition) is 3. The molecule has 1 aromatic rings. The Morgan fingerprint density at radius 2 is 1.88 bits per heavy atom. The van der Waals surface area contributed by atoms with E-state index in [1.54, 1.807) is 0 Å². The number of aryl methyl sites for hydroxylation is 1. The molecule has 1 aromatic carbocycles. The Kier molecular flexibility index (Phi) is 5.77. The highest BCUT2D eigenvalue weighted by molar-refractivity contribution is 5.93. The van der Waals surface area contributed by atoms with Gasteiger partial charge in [0.1, 0.15) is 0 Å². The number of nitrogens with zero attached hydrogens (tertiary/aromatic N) is 2. The van der Waals surface area contributed by atoms with Gasteiger partial charge >= 0.3 is 0 Å². The number of anilines is 2. The Morgan fingerprint density at radius 3 is 2.54 bits per heavy atom. The fourth-order valence-electron chi connectivity index (χ4n) is 4.03. The molecule has 1 saturated heterocycles.